The van der Waals surface area contributed by atoms with E-state index in [1.807, 2.05) is 0 Å². The summed E-state index contributed by atoms with van der Waals surface area (Å²) in [6, 6.07) is 11.3. The quantitative estimate of drug-likeness (QED) is 0.489. The fourth-order valence-electron chi connectivity index (χ4n) is 2.42. The van der Waals surface area contributed by atoms with Crippen LogP contribution in [0.2, 0.25) is 10.0 Å². The van der Waals surface area contributed by atoms with Gasteiger partial charge in [0.25, 0.3) is 0 Å². The molecule has 0 aliphatic rings. The molecule has 2 aromatic carbocycles. The molecule has 0 unspecified atom stereocenters. The average Bonchev–Trinajstić information content (AvgIpc) is 3.11. The maximum absolute atomic E-state index is 12.5. The Balaban J connectivity index is 1.68. The number of hydrogen-bond donors (Lipinski definition) is 0. The molecule has 0 bridgehead atoms. The molecule has 0 atom stereocenters. The number of aromatic nitrogens is 2. The van der Waals surface area contributed by atoms with E-state index in [2.05, 4.69) is 14.7 Å². The highest BCUT2D eigenvalue weighted by Gasteiger charge is 2.38. The summed E-state index contributed by atoms with van der Waals surface area (Å²) in [6.07, 6.45) is -4.09. The molecule has 0 N–H and O–H groups in total. The minimum absolute atomic E-state index is 0.159. The van der Waals surface area contributed by atoms with Gasteiger partial charge in [-0.25, -0.2) is 0 Å². The van der Waals surface area contributed by atoms with E-state index in [4.69, 9.17) is 23.2 Å². The van der Waals surface area contributed by atoms with Crippen molar-refractivity contribution in [3.05, 3.63) is 69.5 Å². The number of carbonyl (C=O) groups excluding carboxylic acids is 1. The van der Waals surface area contributed by atoms with E-state index in [0.29, 0.717) is 22.0 Å². The van der Waals surface area contributed by atoms with Gasteiger partial charge in [-0.1, -0.05) is 58.7 Å². The minimum Gasteiger partial charge on any atom is -0.329 e. The minimum atomic E-state index is -4.69. The molecule has 1 heterocycles. The lowest BCUT2D eigenvalue weighted by molar-refractivity contribution is -0.159. The van der Waals surface area contributed by atoms with Gasteiger partial charge in [0.1, 0.15) is 0 Å². The molecular weight excluding hydrogens is 404 g/mol. The number of nitrogens with zero attached hydrogens (tertiary/aromatic N) is 2. The Hall–Kier alpha value is -2.38. The van der Waals surface area contributed by atoms with Crippen molar-refractivity contribution in [1.82, 2.24) is 10.1 Å². The first-order valence-corrected chi connectivity index (χ1v) is 8.48. The van der Waals surface area contributed by atoms with Crippen LogP contribution in [-0.2, 0) is 12.6 Å². The van der Waals surface area contributed by atoms with Crippen LogP contribution in [0.5, 0.6) is 0 Å². The summed E-state index contributed by atoms with van der Waals surface area (Å²) < 4.78 is 41.7. The smallest absolute Gasteiger partial charge is 0.329 e. The number of Topliss-reactive ketones (excluding diaryl/α,β-unsaturated/α-hetero) is 1. The van der Waals surface area contributed by atoms with E-state index in [1.54, 1.807) is 42.5 Å². The van der Waals surface area contributed by atoms with Crippen LogP contribution in [0.15, 0.2) is 47.0 Å². The number of ketones is 1. The van der Waals surface area contributed by atoms with Gasteiger partial charge in [-0.3, -0.25) is 4.79 Å². The molecule has 4 nitrogen and oxygen atoms in total. The first kappa shape index (κ1) is 19.4. The monoisotopic (exact) mass is 414 g/mol. The van der Waals surface area contributed by atoms with Crippen LogP contribution >= 0.6 is 23.2 Å². The number of alkyl halides is 3. The van der Waals surface area contributed by atoms with Gasteiger partial charge in [0.2, 0.25) is 5.82 Å². The van der Waals surface area contributed by atoms with E-state index < -0.39 is 12.1 Å². The molecule has 0 spiro atoms. The molecule has 27 heavy (non-hydrogen) atoms. The predicted octanol–water partition coefficient (Wildman–Crippen LogP) is 5.88. The Morgan fingerprint density at radius 1 is 1.04 bits per heavy atom. The lowest BCUT2D eigenvalue weighted by Gasteiger charge is -2.06. The molecule has 0 saturated heterocycles. The van der Waals surface area contributed by atoms with Crippen LogP contribution in [0, 0.1) is 0 Å². The van der Waals surface area contributed by atoms with E-state index in [-0.39, 0.29) is 23.6 Å². The number of hydrogen-bond acceptors (Lipinski definition) is 4. The van der Waals surface area contributed by atoms with Crippen molar-refractivity contribution in [3.8, 4) is 11.4 Å². The third kappa shape index (κ3) is 4.48. The Bertz CT molecular complexity index is 949. The highest BCUT2D eigenvalue weighted by molar-refractivity contribution is 6.39. The number of carbonyl (C=O) groups is 1. The van der Waals surface area contributed by atoms with Gasteiger partial charge in [-0.15, -0.1) is 0 Å². The molecule has 3 rings (SSSR count). The number of benzene rings is 2. The van der Waals surface area contributed by atoms with Crippen LogP contribution in [0.25, 0.3) is 11.4 Å². The third-order valence-corrected chi connectivity index (χ3v) is 4.39. The van der Waals surface area contributed by atoms with E-state index in [9.17, 15) is 18.0 Å². The normalized spacial score (nSPS) is 11.6. The molecular formula is C18H11Cl2F3N2O2. The molecule has 1 aromatic heterocycles. The average molecular weight is 415 g/mol. The third-order valence-electron chi connectivity index (χ3n) is 3.76. The van der Waals surface area contributed by atoms with Crippen molar-refractivity contribution in [2.24, 2.45) is 0 Å². The zero-order valence-electron chi connectivity index (χ0n) is 13.6. The molecule has 0 aliphatic carbocycles. The molecule has 0 amide bonds. The number of aryl methyl sites for hydroxylation is 1. The second kappa shape index (κ2) is 7.70. The fraction of sp³-hybridized carbons (Fsp3) is 0.167. The van der Waals surface area contributed by atoms with Gasteiger partial charge in [0.15, 0.2) is 5.78 Å². The molecule has 9 heteroatoms. The summed E-state index contributed by atoms with van der Waals surface area (Å²) in [6.45, 7) is 0. The van der Waals surface area contributed by atoms with Gasteiger partial charge in [0.05, 0.1) is 15.6 Å². The van der Waals surface area contributed by atoms with Crippen LogP contribution in [0.1, 0.15) is 28.2 Å². The first-order chi connectivity index (χ1) is 12.8. The van der Waals surface area contributed by atoms with Crippen molar-refractivity contribution in [3.63, 3.8) is 0 Å². The van der Waals surface area contributed by atoms with E-state index in [0.717, 1.165) is 5.56 Å². The lowest BCUT2D eigenvalue weighted by Crippen LogP contribution is -2.04. The zero-order valence-corrected chi connectivity index (χ0v) is 15.1. The Kier molecular flexibility index (Phi) is 5.53. The topological polar surface area (TPSA) is 56.0 Å². The largest absolute Gasteiger partial charge is 0.471 e. The van der Waals surface area contributed by atoms with Crippen LogP contribution in [0.4, 0.5) is 13.2 Å². The first-order valence-electron chi connectivity index (χ1n) is 7.73. The van der Waals surface area contributed by atoms with Gasteiger partial charge in [-0.05, 0) is 24.1 Å². The van der Waals surface area contributed by atoms with Gasteiger partial charge < -0.3 is 4.52 Å². The van der Waals surface area contributed by atoms with Crippen LogP contribution in [0.3, 0.4) is 0 Å². The second-order valence-electron chi connectivity index (χ2n) is 5.64. The Morgan fingerprint density at radius 2 is 1.67 bits per heavy atom. The van der Waals surface area contributed by atoms with Crippen molar-refractivity contribution in [2.45, 2.75) is 19.0 Å². The standard InChI is InChI=1S/C18H11Cl2F3N2O2/c19-12-2-1-3-13(20)15(12)14(26)9-6-10-4-7-11(8-5-10)16-24-17(27-25-16)18(21,22)23/h1-5,7-8H,6,9H2. The molecule has 140 valence electrons. The fourth-order valence-corrected chi connectivity index (χ4v) is 3.03. The van der Waals surface area contributed by atoms with Gasteiger partial charge >= 0.3 is 12.1 Å². The molecule has 0 fully saturated rings. The van der Waals surface area contributed by atoms with Crippen molar-refractivity contribution >= 4 is 29.0 Å². The van der Waals surface area contributed by atoms with E-state index in [1.165, 1.54) is 0 Å². The van der Waals surface area contributed by atoms with Crippen molar-refractivity contribution < 1.29 is 22.5 Å². The number of halogens is 5. The molecule has 3 aromatic rings. The second-order valence-corrected chi connectivity index (χ2v) is 6.45. The highest BCUT2D eigenvalue weighted by atomic mass is 35.5. The lowest BCUT2D eigenvalue weighted by atomic mass is 10.0. The molecule has 0 radical (unpaired) electrons. The Morgan fingerprint density at radius 3 is 2.22 bits per heavy atom. The summed E-state index contributed by atoms with van der Waals surface area (Å²) in [5.74, 6) is -1.75. The Labute approximate surface area is 161 Å². The summed E-state index contributed by atoms with van der Waals surface area (Å²) >= 11 is 12.0. The molecule has 0 saturated carbocycles. The summed E-state index contributed by atoms with van der Waals surface area (Å²) in [5.41, 5.74) is 1.47. The van der Waals surface area contributed by atoms with Crippen LogP contribution < -0.4 is 0 Å². The van der Waals surface area contributed by atoms with Crippen molar-refractivity contribution in [1.29, 1.82) is 0 Å². The van der Waals surface area contributed by atoms with Crippen LogP contribution in [-0.4, -0.2) is 15.9 Å². The summed E-state index contributed by atoms with van der Waals surface area (Å²) in [7, 11) is 0. The molecule has 0 aliphatic heterocycles. The maximum Gasteiger partial charge on any atom is 0.471 e. The maximum atomic E-state index is 12.5. The SMILES string of the molecule is O=C(CCc1ccc(-c2noc(C(F)(F)F)n2)cc1)c1c(Cl)cccc1Cl. The van der Waals surface area contributed by atoms with Gasteiger partial charge in [-0.2, -0.15) is 18.2 Å². The summed E-state index contributed by atoms with van der Waals surface area (Å²) in [5, 5.41) is 3.91. The zero-order chi connectivity index (χ0) is 19.6. The summed E-state index contributed by atoms with van der Waals surface area (Å²) in [4.78, 5) is 15.7. The van der Waals surface area contributed by atoms with Gasteiger partial charge in [0, 0.05) is 12.0 Å². The van der Waals surface area contributed by atoms with Crippen molar-refractivity contribution in [2.75, 3.05) is 0 Å². The number of rotatable bonds is 5. The van der Waals surface area contributed by atoms with E-state index >= 15 is 0 Å². The highest BCUT2D eigenvalue weighted by Crippen LogP contribution is 2.30. The predicted molar refractivity (Wildman–Crippen MR) is 93.8 cm³/mol.